The Bertz CT molecular complexity index is 931. The molecule has 0 radical (unpaired) electrons. The summed E-state index contributed by atoms with van der Waals surface area (Å²) in [4.78, 5) is 21.2. The third kappa shape index (κ3) is 53.0. The molecule has 0 aromatic heterocycles. The van der Waals surface area contributed by atoms with Crippen molar-refractivity contribution in [1.29, 1.82) is 0 Å². The van der Waals surface area contributed by atoms with Crippen molar-refractivity contribution >= 4 is 23.0 Å². The maximum Gasteiger partial charge on any atom is 0.305 e. The van der Waals surface area contributed by atoms with Gasteiger partial charge < -0.3 is 34.3 Å². The van der Waals surface area contributed by atoms with E-state index < -0.39 is 11.1 Å². The maximum atomic E-state index is 12.1. The summed E-state index contributed by atoms with van der Waals surface area (Å²) in [6, 6.07) is 0. The predicted octanol–water partition coefficient (Wildman–Crippen LogP) is 13.1. The second kappa shape index (κ2) is 51.4. The molecule has 10 nitrogen and oxygen atoms in total. The van der Waals surface area contributed by atoms with E-state index >= 15 is 0 Å². The van der Waals surface area contributed by atoms with Crippen molar-refractivity contribution in [2.24, 2.45) is 10.7 Å². The Morgan fingerprint density at radius 3 is 1.48 bits per heavy atom. The summed E-state index contributed by atoms with van der Waals surface area (Å²) in [6.45, 7) is 12.9. The van der Waals surface area contributed by atoms with Gasteiger partial charge in [0.25, 0.3) is 0 Å². The molecule has 0 aromatic carbocycles. The Hall–Kier alpha value is -1.27. The maximum absolute atomic E-state index is 12.1. The van der Waals surface area contributed by atoms with Crippen LogP contribution in [0, 0.1) is 0 Å². The van der Waals surface area contributed by atoms with Crippen LogP contribution in [-0.2, 0) is 30.1 Å². The molecule has 1 unspecified atom stereocenters. The normalized spacial score (nSPS) is 12.2. The van der Waals surface area contributed by atoms with Crippen molar-refractivity contribution in [1.82, 2.24) is 9.80 Å². The first-order valence-electron chi connectivity index (χ1n) is 25.7. The summed E-state index contributed by atoms with van der Waals surface area (Å²) in [5.41, 5.74) is 6.01. The lowest BCUT2D eigenvalue weighted by Gasteiger charge is -2.22. The van der Waals surface area contributed by atoms with E-state index in [0.29, 0.717) is 31.9 Å². The minimum Gasteiger partial charge on any atom is -0.773 e. The first-order chi connectivity index (χ1) is 29.7. The molecule has 0 aliphatic rings. The van der Waals surface area contributed by atoms with E-state index in [9.17, 15) is 4.79 Å². The number of guanidine groups is 1. The molecule has 1 atom stereocenters. The average molecular weight is 890 g/mol. The summed E-state index contributed by atoms with van der Waals surface area (Å²) in [6.07, 6.45) is 43.5. The van der Waals surface area contributed by atoms with Crippen LogP contribution < -0.4 is 5.73 Å². The van der Waals surface area contributed by atoms with Crippen LogP contribution in [0.15, 0.2) is 4.99 Å². The first-order valence-corrected chi connectivity index (χ1v) is 27.2. The highest BCUT2D eigenvalue weighted by molar-refractivity contribution is 7.78. The summed E-state index contributed by atoms with van der Waals surface area (Å²) < 4.78 is 35.7. The molecule has 11 heteroatoms. The molecular weight excluding hydrogens is 785 g/mol. The molecule has 2 N–H and O–H groups in total. The number of rotatable bonds is 46. The number of ether oxygens (including phenoxy) is 3. The summed E-state index contributed by atoms with van der Waals surface area (Å²) in [7, 11) is 3.89. The monoisotopic (exact) mass is 890 g/mol. The molecule has 0 spiro atoms. The van der Waals surface area contributed by atoms with E-state index in [0.717, 1.165) is 71.1 Å². The van der Waals surface area contributed by atoms with E-state index in [1.54, 1.807) is 0 Å². The van der Waals surface area contributed by atoms with Crippen LogP contribution >= 0.6 is 0 Å². The van der Waals surface area contributed by atoms with Gasteiger partial charge in [-0.05, 0) is 77.3 Å². The third-order valence-electron chi connectivity index (χ3n) is 11.4. The van der Waals surface area contributed by atoms with Gasteiger partial charge in [0.15, 0.2) is 5.96 Å². The molecule has 0 saturated carbocycles. The van der Waals surface area contributed by atoms with Crippen molar-refractivity contribution in [3.05, 3.63) is 0 Å². The lowest BCUT2D eigenvalue weighted by Crippen LogP contribution is -2.31. The van der Waals surface area contributed by atoms with Crippen molar-refractivity contribution in [3.63, 3.8) is 0 Å². The van der Waals surface area contributed by atoms with Gasteiger partial charge in [0.1, 0.15) is 6.79 Å². The molecule has 0 fully saturated rings. The van der Waals surface area contributed by atoms with Crippen LogP contribution in [0.25, 0.3) is 0 Å². The van der Waals surface area contributed by atoms with E-state index in [1.807, 2.05) is 19.0 Å². The van der Waals surface area contributed by atoms with Crippen molar-refractivity contribution in [2.45, 2.75) is 245 Å². The SMILES string of the molecule is CCCCCCCCCOC(=O)CCCCCCCN(CCCCCCCCOCOC(CCCCCCCC)CCCCCCCC)CCCN=C(N)N(C)C.CS(=O)[O-].[HH]. The summed E-state index contributed by atoms with van der Waals surface area (Å²) in [5.74, 6) is 0.599. The molecule has 0 aromatic rings. The average Bonchev–Trinajstić information content (AvgIpc) is 3.23. The number of hydrogen-bond donors (Lipinski definition) is 1. The van der Waals surface area contributed by atoms with Crippen LogP contribution in [0.1, 0.15) is 241 Å². The quantitative estimate of drug-likeness (QED) is 0.0158. The number of carbonyl (C=O) groups is 1. The highest BCUT2D eigenvalue weighted by Crippen LogP contribution is 2.17. The van der Waals surface area contributed by atoms with E-state index in [2.05, 4.69) is 30.7 Å². The van der Waals surface area contributed by atoms with Gasteiger partial charge in [-0.3, -0.25) is 14.0 Å². The molecule has 0 saturated heterocycles. The Morgan fingerprint density at radius 1 is 0.607 bits per heavy atom. The highest BCUT2D eigenvalue weighted by Gasteiger charge is 2.10. The van der Waals surface area contributed by atoms with Gasteiger partial charge in [0.05, 0.1) is 12.7 Å². The molecular formula is C50H105N4O6S-. The molecule has 0 bridgehead atoms. The van der Waals surface area contributed by atoms with Crippen LogP contribution in [0.4, 0.5) is 0 Å². The zero-order valence-electron chi connectivity index (χ0n) is 41.3. The summed E-state index contributed by atoms with van der Waals surface area (Å²) >= 11 is -1.86. The van der Waals surface area contributed by atoms with Gasteiger partial charge in [0, 0.05) is 35.1 Å². The number of hydrogen-bond acceptors (Lipinski definition) is 8. The largest absolute Gasteiger partial charge is 0.773 e. The number of aliphatic imine (C=N–C) groups is 1. The van der Waals surface area contributed by atoms with Gasteiger partial charge >= 0.3 is 5.97 Å². The fourth-order valence-electron chi connectivity index (χ4n) is 7.48. The third-order valence-corrected chi connectivity index (χ3v) is 11.4. The smallest absolute Gasteiger partial charge is 0.305 e. The Balaban J connectivity index is -0.00000664. The predicted molar refractivity (Wildman–Crippen MR) is 264 cm³/mol. The van der Waals surface area contributed by atoms with Gasteiger partial charge in [-0.2, -0.15) is 0 Å². The van der Waals surface area contributed by atoms with Gasteiger partial charge in [-0.1, -0.05) is 192 Å². The minimum absolute atomic E-state index is 0. The van der Waals surface area contributed by atoms with Crippen molar-refractivity contribution < 1.29 is 29.2 Å². The van der Waals surface area contributed by atoms with Crippen molar-refractivity contribution in [2.75, 3.05) is 66.5 Å². The number of nitrogens with two attached hydrogens (primary N) is 1. The molecule has 0 amide bonds. The highest BCUT2D eigenvalue weighted by atomic mass is 32.2. The zero-order chi connectivity index (χ0) is 45.3. The van der Waals surface area contributed by atoms with E-state index in [4.69, 9.17) is 28.7 Å². The van der Waals surface area contributed by atoms with Gasteiger partial charge in [-0.15, -0.1) is 0 Å². The molecule has 0 aliphatic carbocycles. The minimum atomic E-state index is -1.86. The lowest BCUT2D eigenvalue weighted by molar-refractivity contribution is -0.143. The zero-order valence-corrected chi connectivity index (χ0v) is 42.2. The topological polar surface area (TPSA) is 130 Å². The number of unbranched alkanes of at least 4 members (excludes halogenated alkanes) is 25. The first kappa shape index (κ1) is 61.8. The number of carbonyl (C=O) groups excluding carboxylic acids is 1. The van der Waals surface area contributed by atoms with Crippen LogP contribution in [0.3, 0.4) is 0 Å². The van der Waals surface area contributed by atoms with E-state index in [-0.39, 0.29) is 7.40 Å². The van der Waals surface area contributed by atoms with Crippen LogP contribution in [-0.4, -0.2) is 103 Å². The van der Waals surface area contributed by atoms with Crippen LogP contribution in [0.2, 0.25) is 0 Å². The fraction of sp³-hybridized carbons (Fsp3) is 0.960. The fourth-order valence-corrected chi connectivity index (χ4v) is 7.48. The lowest BCUT2D eigenvalue weighted by atomic mass is 10.0. The molecule has 61 heavy (non-hydrogen) atoms. The van der Waals surface area contributed by atoms with Gasteiger partial charge in [-0.25, -0.2) is 0 Å². The van der Waals surface area contributed by atoms with Crippen molar-refractivity contribution in [3.8, 4) is 0 Å². The second-order valence-electron chi connectivity index (χ2n) is 17.6. The Labute approximate surface area is 383 Å². The molecule has 368 valence electrons. The van der Waals surface area contributed by atoms with E-state index in [1.165, 1.54) is 180 Å². The second-order valence-corrected chi connectivity index (χ2v) is 18.4. The molecule has 0 aliphatic heterocycles. The number of nitrogens with zero attached hydrogens (tertiary/aromatic N) is 3. The van der Waals surface area contributed by atoms with Gasteiger partial charge in [0.2, 0.25) is 0 Å². The molecule has 0 rings (SSSR count). The van der Waals surface area contributed by atoms with Crippen LogP contribution in [0.5, 0.6) is 0 Å². The molecule has 0 heterocycles. The Morgan fingerprint density at radius 2 is 1.00 bits per heavy atom. The standard InChI is InChI=1S/C49H100N4O4.CH4O2S.H2/c1-6-9-12-15-19-28-35-45-56-48(54)39-31-24-21-26-33-42-53(43-36-40-51-49(50)52(4)5)41-32-25-18-20-27-34-44-55-46-57-47(37-29-22-16-13-10-7-2)38-30-23-17-14-11-8-3;1-4(2)3;/h47H,6-46H2,1-5H3,(H2,50,51);1H3,(H,2,3);1H/p-1. The Kier molecular flexibility index (Phi) is 52.1. The summed E-state index contributed by atoms with van der Waals surface area (Å²) in [5, 5.41) is 0. The number of esters is 1.